The van der Waals surface area contributed by atoms with E-state index in [-0.39, 0.29) is 10.9 Å². The van der Waals surface area contributed by atoms with Crippen LogP contribution >= 0.6 is 34.0 Å². The highest BCUT2D eigenvalue weighted by atomic mass is 32.2. The molecule has 15 aromatic rings. The molecular formula is C66H42NS4Si. The van der Waals surface area contributed by atoms with Crippen molar-refractivity contribution in [1.82, 2.24) is 4.57 Å². The lowest BCUT2D eigenvalue weighted by atomic mass is 10.1. The molecule has 0 aliphatic rings. The number of fused-ring (bicyclic) bond motifs is 13. The first-order valence-electron chi connectivity index (χ1n) is 24.4. The molecule has 4 aromatic heterocycles. The van der Waals surface area contributed by atoms with E-state index in [1.54, 1.807) is 0 Å². The van der Waals surface area contributed by atoms with Crippen LogP contribution < -0.4 is 20.7 Å². The summed E-state index contributed by atoms with van der Waals surface area (Å²) in [5.41, 5.74) is 3.68. The van der Waals surface area contributed by atoms with Gasteiger partial charge in [0.25, 0.3) is 0 Å². The van der Waals surface area contributed by atoms with Gasteiger partial charge in [-0.25, -0.2) is 0 Å². The average Bonchev–Trinajstić information content (AvgIpc) is 4.22. The maximum Gasteiger partial charge on any atom is 0.184 e. The van der Waals surface area contributed by atoms with E-state index in [9.17, 15) is 0 Å². The highest BCUT2D eigenvalue weighted by Gasteiger charge is 2.36. The molecule has 0 fully saturated rings. The molecule has 15 rings (SSSR count). The molecule has 339 valence electrons. The fourth-order valence-electron chi connectivity index (χ4n) is 11.8. The summed E-state index contributed by atoms with van der Waals surface area (Å²) in [6.07, 6.45) is 0. The van der Waals surface area contributed by atoms with Gasteiger partial charge in [0.05, 0.1) is 25.1 Å². The van der Waals surface area contributed by atoms with Crippen molar-refractivity contribution in [2.24, 2.45) is 0 Å². The van der Waals surface area contributed by atoms with Gasteiger partial charge in [0.2, 0.25) is 0 Å². The molecule has 0 radical (unpaired) electrons. The van der Waals surface area contributed by atoms with Crippen LogP contribution in [0.15, 0.2) is 269 Å². The third kappa shape index (κ3) is 6.24. The van der Waals surface area contributed by atoms with Crippen molar-refractivity contribution >= 4 is 156 Å². The summed E-state index contributed by atoms with van der Waals surface area (Å²) in [6.45, 7) is 0. The minimum Gasteiger partial charge on any atom is -0.308 e. The van der Waals surface area contributed by atoms with Crippen molar-refractivity contribution in [2.45, 2.75) is 14.7 Å². The number of hydrogen-bond acceptors (Lipinski definition) is 3. The molecule has 1 unspecified atom stereocenters. The van der Waals surface area contributed by atoms with Crippen molar-refractivity contribution < 1.29 is 0 Å². The van der Waals surface area contributed by atoms with Gasteiger partial charge < -0.3 is 4.57 Å². The lowest BCUT2D eigenvalue weighted by Crippen LogP contribution is -2.74. The highest BCUT2D eigenvalue weighted by molar-refractivity contribution is 7.97. The smallest absolute Gasteiger partial charge is 0.184 e. The highest BCUT2D eigenvalue weighted by Crippen LogP contribution is 2.47. The Morgan fingerprint density at radius 1 is 0.319 bits per heavy atom. The Bertz CT molecular complexity index is 4550. The third-order valence-electron chi connectivity index (χ3n) is 14.8. The monoisotopic (exact) mass is 1000 g/mol. The molecule has 6 heteroatoms. The van der Waals surface area contributed by atoms with Gasteiger partial charge in [0.1, 0.15) is 10.9 Å². The van der Waals surface area contributed by atoms with E-state index in [0.29, 0.717) is 0 Å². The van der Waals surface area contributed by atoms with Crippen LogP contribution in [-0.2, 0) is 10.9 Å². The van der Waals surface area contributed by atoms with Crippen molar-refractivity contribution in [2.75, 3.05) is 0 Å². The Balaban J connectivity index is 1.02. The van der Waals surface area contributed by atoms with Crippen LogP contribution in [0.5, 0.6) is 0 Å². The molecule has 0 aliphatic heterocycles. The zero-order chi connectivity index (χ0) is 47.3. The summed E-state index contributed by atoms with van der Waals surface area (Å²) in [6, 6.07) is 96.6. The maximum atomic E-state index is 2.56. The topological polar surface area (TPSA) is 4.93 Å². The second-order valence-corrected chi connectivity index (χ2v) is 27.4. The van der Waals surface area contributed by atoms with E-state index < -0.39 is 8.07 Å². The van der Waals surface area contributed by atoms with Crippen LogP contribution in [0.3, 0.4) is 0 Å². The zero-order valence-corrected chi connectivity index (χ0v) is 43.1. The first-order valence-corrected chi connectivity index (χ1v) is 30.1. The van der Waals surface area contributed by atoms with Crippen LogP contribution in [0.1, 0.15) is 0 Å². The summed E-state index contributed by atoms with van der Waals surface area (Å²) in [7, 11) is -3.49. The predicted octanol–water partition coefficient (Wildman–Crippen LogP) is 16.4. The van der Waals surface area contributed by atoms with Crippen molar-refractivity contribution in [3.63, 3.8) is 0 Å². The van der Waals surface area contributed by atoms with Crippen LogP contribution in [0, 0.1) is 0 Å². The summed E-state index contributed by atoms with van der Waals surface area (Å²) in [5, 5.41) is 16.0. The number of aromatic nitrogens is 1. The Morgan fingerprint density at radius 3 is 1.47 bits per heavy atom. The van der Waals surface area contributed by atoms with Gasteiger partial charge in [-0.1, -0.05) is 206 Å². The second-order valence-electron chi connectivity index (χ2n) is 18.6. The molecular weight excluding hydrogens is 963 g/mol. The largest absolute Gasteiger partial charge is 0.308 e. The summed E-state index contributed by atoms with van der Waals surface area (Å²) in [4.78, 5) is 4.10. The third-order valence-corrected chi connectivity index (χ3v) is 26.1. The molecule has 11 aromatic carbocycles. The Morgan fingerprint density at radius 2 is 0.792 bits per heavy atom. The predicted molar refractivity (Wildman–Crippen MR) is 318 cm³/mol. The molecule has 0 aliphatic carbocycles. The quantitative estimate of drug-likeness (QED) is 0.0812. The second kappa shape index (κ2) is 16.8. The van der Waals surface area contributed by atoms with Crippen LogP contribution in [-0.4, -0.2) is 12.6 Å². The molecule has 0 saturated carbocycles. The zero-order valence-electron chi connectivity index (χ0n) is 38.8. The Hall–Kier alpha value is -7.55. The van der Waals surface area contributed by atoms with Crippen LogP contribution in [0.4, 0.5) is 0 Å². The standard InChI is InChI=1S/C66H42NS4Si/c1-4-21-44(22-5-1)71(59-37-17-31-52-49-29-11-14-35-57(49)68-63(52)59)60-38-18-32-53-54-33-19-39-61(65(54)70-64(53)60)72(45-23-6-2-7-24-45,46-25-8-3-9-26-46)47-27-16-20-43(42-47)67-56-34-13-10-28-48(56)51-40-41-55-50-30-12-15-36-58(50)69-66(55)62(51)67/h1-42H. The molecule has 0 saturated heterocycles. The number of para-hydroxylation sites is 1. The fraction of sp³-hybridized carbons (Fsp3) is 0. The molecule has 0 spiro atoms. The summed E-state index contributed by atoms with van der Waals surface area (Å²) in [5.74, 6) is 0. The number of benzene rings is 11. The number of nitrogens with zero attached hydrogens (tertiary/aromatic N) is 1. The van der Waals surface area contributed by atoms with E-state index in [0.717, 1.165) is 0 Å². The van der Waals surface area contributed by atoms with Crippen molar-refractivity contribution in [3.8, 4) is 5.69 Å². The van der Waals surface area contributed by atoms with Gasteiger partial charge in [-0.05, 0) is 62.0 Å². The number of rotatable bonds is 8. The fourth-order valence-corrected chi connectivity index (χ4v) is 23.7. The van der Waals surface area contributed by atoms with Gasteiger partial charge in [0.15, 0.2) is 14.7 Å². The van der Waals surface area contributed by atoms with E-state index in [1.807, 2.05) is 34.0 Å². The van der Waals surface area contributed by atoms with E-state index in [1.165, 1.54) is 123 Å². The van der Waals surface area contributed by atoms with E-state index in [2.05, 4.69) is 259 Å². The SMILES string of the molecule is c1ccc([S+](c2cccc3c2sc2ccccc23)c2cccc3c2sc2c([Si-](c4ccccc4)(c4ccccc4)c4cccc(-n5c6ccccc6c6ccc7c8ccccc8sc7c65)c4)cccc23)cc1. The first-order chi connectivity index (χ1) is 35.7. The van der Waals surface area contributed by atoms with Gasteiger partial charge in [0, 0.05) is 57.5 Å². The number of thiophene rings is 3. The number of hydrogen-bond donors (Lipinski definition) is 0. The molecule has 0 amide bonds. The summed E-state index contributed by atoms with van der Waals surface area (Å²) < 4.78 is 10.6. The van der Waals surface area contributed by atoms with E-state index in [4.69, 9.17) is 0 Å². The van der Waals surface area contributed by atoms with Crippen LogP contribution in [0.25, 0.3) is 88.0 Å². The Labute approximate surface area is 432 Å². The maximum absolute atomic E-state index is 3.11. The molecule has 0 N–H and O–H groups in total. The van der Waals surface area contributed by atoms with E-state index >= 15 is 0 Å². The van der Waals surface area contributed by atoms with Gasteiger partial charge in [-0.3, -0.25) is 0 Å². The van der Waals surface area contributed by atoms with Gasteiger partial charge >= 0.3 is 0 Å². The molecule has 1 atom stereocenters. The average molecular weight is 1010 g/mol. The van der Waals surface area contributed by atoms with Crippen molar-refractivity contribution in [1.29, 1.82) is 0 Å². The normalized spacial score (nSPS) is 12.7. The van der Waals surface area contributed by atoms with Gasteiger partial charge in [-0.15, -0.1) is 34.0 Å². The minimum atomic E-state index is -3.11. The lowest BCUT2D eigenvalue weighted by Gasteiger charge is -2.47. The lowest BCUT2D eigenvalue weighted by molar-refractivity contribution is 1.19. The van der Waals surface area contributed by atoms with Crippen molar-refractivity contribution in [3.05, 3.63) is 255 Å². The minimum absolute atomic E-state index is 0.382. The molecule has 0 bridgehead atoms. The first kappa shape index (κ1) is 42.2. The Kier molecular flexibility index (Phi) is 9.82. The molecule has 1 nitrogen and oxygen atoms in total. The molecule has 72 heavy (non-hydrogen) atoms. The summed E-state index contributed by atoms with van der Waals surface area (Å²) >= 11 is 5.85. The molecule has 4 heterocycles. The van der Waals surface area contributed by atoms with Gasteiger partial charge in [-0.2, -0.15) is 20.7 Å². The van der Waals surface area contributed by atoms with Crippen LogP contribution in [0.2, 0.25) is 0 Å².